The third kappa shape index (κ3) is 2.60. The molecule has 104 valence electrons. The largest absolute Gasteiger partial charge is 0.493 e. The predicted molar refractivity (Wildman–Crippen MR) is 78.0 cm³/mol. The first-order valence-electron chi connectivity index (χ1n) is 7.05. The molecule has 3 rings (SSSR count). The fourth-order valence-electron chi connectivity index (χ4n) is 3.14. The summed E-state index contributed by atoms with van der Waals surface area (Å²) in [6, 6.07) is 5.19. The smallest absolute Gasteiger partial charge is 0.127 e. The first kappa shape index (κ1) is 13.2. The summed E-state index contributed by atoms with van der Waals surface area (Å²) < 4.78 is 5.80. The fourth-order valence-corrected chi connectivity index (χ4v) is 3.41. The second-order valence-corrected chi connectivity index (χ2v) is 6.12. The number of halogens is 1. The molecular formula is C15H21ClN2O. The maximum absolute atomic E-state index is 6.23. The molecule has 1 saturated heterocycles. The molecular weight excluding hydrogens is 260 g/mol. The highest BCUT2D eigenvalue weighted by Crippen LogP contribution is 2.34. The topological polar surface area (TPSA) is 24.5 Å². The van der Waals surface area contributed by atoms with Crippen LogP contribution in [0.3, 0.4) is 0 Å². The lowest BCUT2D eigenvalue weighted by atomic mass is 10.0. The molecule has 1 aromatic carbocycles. The van der Waals surface area contributed by atoms with E-state index in [-0.39, 0.29) is 0 Å². The van der Waals surface area contributed by atoms with Crippen molar-refractivity contribution in [2.45, 2.75) is 38.9 Å². The minimum Gasteiger partial charge on any atom is -0.493 e. The van der Waals surface area contributed by atoms with Gasteiger partial charge in [0, 0.05) is 48.7 Å². The number of fused-ring (bicyclic) bond motifs is 1. The minimum atomic E-state index is 0.541. The van der Waals surface area contributed by atoms with Crippen molar-refractivity contribution in [1.82, 2.24) is 10.2 Å². The molecule has 2 aliphatic heterocycles. The van der Waals surface area contributed by atoms with Crippen molar-refractivity contribution in [2.75, 3.05) is 19.7 Å². The van der Waals surface area contributed by atoms with Crippen molar-refractivity contribution in [3.63, 3.8) is 0 Å². The molecule has 2 unspecified atom stereocenters. The number of hydrogen-bond acceptors (Lipinski definition) is 3. The van der Waals surface area contributed by atoms with E-state index in [9.17, 15) is 0 Å². The Hall–Kier alpha value is -0.770. The van der Waals surface area contributed by atoms with Crippen LogP contribution in [-0.2, 0) is 13.0 Å². The summed E-state index contributed by atoms with van der Waals surface area (Å²) in [5.41, 5.74) is 2.50. The van der Waals surface area contributed by atoms with Gasteiger partial charge in [-0.05, 0) is 31.5 Å². The zero-order chi connectivity index (χ0) is 13.4. The minimum absolute atomic E-state index is 0.541. The summed E-state index contributed by atoms with van der Waals surface area (Å²) in [6.07, 6.45) is 0.982. The molecule has 2 heterocycles. The van der Waals surface area contributed by atoms with E-state index in [1.807, 2.05) is 6.07 Å². The Morgan fingerprint density at radius 3 is 2.79 bits per heavy atom. The van der Waals surface area contributed by atoms with E-state index >= 15 is 0 Å². The maximum Gasteiger partial charge on any atom is 0.127 e. The van der Waals surface area contributed by atoms with Gasteiger partial charge in [0.25, 0.3) is 0 Å². The molecule has 2 atom stereocenters. The van der Waals surface area contributed by atoms with Crippen LogP contribution in [0.5, 0.6) is 5.75 Å². The number of nitrogens with one attached hydrogen (secondary N) is 1. The van der Waals surface area contributed by atoms with E-state index in [1.54, 1.807) is 0 Å². The molecule has 4 heteroatoms. The molecule has 19 heavy (non-hydrogen) atoms. The van der Waals surface area contributed by atoms with Gasteiger partial charge >= 0.3 is 0 Å². The second kappa shape index (κ2) is 5.31. The number of benzene rings is 1. The normalized spacial score (nSPS) is 27.1. The maximum atomic E-state index is 6.23. The van der Waals surface area contributed by atoms with Crippen molar-refractivity contribution >= 4 is 11.6 Å². The van der Waals surface area contributed by atoms with Crippen LogP contribution in [0.2, 0.25) is 5.02 Å². The summed E-state index contributed by atoms with van der Waals surface area (Å²) in [4.78, 5) is 2.53. The summed E-state index contributed by atoms with van der Waals surface area (Å²) in [7, 11) is 0. The number of nitrogens with zero attached hydrogens (tertiary/aromatic N) is 1. The predicted octanol–water partition coefficient (Wildman–Crippen LogP) is 2.46. The van der Waals surface area contributed by atoms with Gasteiger partial charge in [0.2, 0.25) is 0 Å². The van der Waals surface area contributed by atoms with Crippen LogP contribution < -0.4 is 10.1 Å². The third-order valence-corrected chi connectivity index (χ3v) is 4.41. The van der Waals surface area contributed by atoms with E-state index in [4.69, 9.17) is 16.3 Å². The van der Waals surface area contributed by atoms with Gasteiger partial charge in [-0.2, -0.15) is 0 Å². The number of rotatable bonds is 2. The van der Waals surface area contributed by atoms with Crippen LogP contribution in [0.15, 0.2) is 12.1 Å². The van der Waals surface area contributed by atoms with Gasteiger partial charge in [0.15, 0.2) is 0 Å². The zero-order valence-corrected chi connectivity index (χ0v) is 12.3. The van der Waals surface area contributed by atoms with Gasteiger partial charge in [0.1, 0.15) is 5.75 Å². The van der Waals surface area contributed by atoms with Crippen LogP contribution in [0, 0.1) is 0 Å². The lowest BCUT2D eigenvalue weighted by Gasteiger charge is -2.39. The Morgan fingerprint density at radius 1 is 1.32 bits per heavy atom. The van der Waals surface area contributed by atoms with Crippen LogP contribution in [0.4, 0.5) is 0 Å². The van der Waals surface area contributed by atoms with Crippen LogP contribution in [0.25, 0.3) is 0 Å². The fraction of sp³-hybridized carbons (Fsp3) is 0.600. The van der Waals surface area contributed by atoms with Crippen LogP contribution >= 0.6 is 11.6 Å². The first-order chi connectivity index (χ1) is 9.15. The second-order valence-electron chi connectivity index (χ2n) is 5.68. The molecule has 0 radical (unpaired) electrons. The van der Waals surface area contributed by atoms with Gasteiger partial charge in [-0.25, -0.2) is 0 Å². The Kier molecular flexibility index (Phi) is 3.70. The van der Waals surface area contributed by atoms with E-state index in [2.05, 4.69) is 30.1 Å². The van der Waals surface area contributed by atoms with E-state index in [0.717, 1.165) is 43.4 Å². The molecule has 1 fully saturated rings. The van der Waals surface area contributed by atoms with Gasteiger partial charge in [-0.15, -0.1) is 0 Å². The van der Waals surface area contributed by atoms with Gasteiger partial charge < -0.3 is 10.1 Å². The molecule has 2 aliphatic rings. The highest BCUT2D eigenvalue weighted by molar-refractivity contribution is 6.30. The summed E-state index contributed by atoms with van der Waals surface area (Å²) in [5, 5.41) is 4.29. The van der Waals surface area contributed by atoms with E-state index in [1.165, 1.54) is 11.1 Å². The zero-order valence-electron chi connectivity index (χ0n) is 11.6. The molecule has 0 aromatic heterocycles. The average molecular weight is 281 g/mol. The monoisotopic (exact) mass is 280 g/mol. The van der Waals surface area contributed by atoms with Crippen molar-refractivity contribution < 1.29 is 4.74 Å². The summed E-state index contributed by atoms with van der Waals surface area (Å²) in [6.45, 7) is 8.35. The summed E-state index contributed by atoms with van der Waals surface area (Å²) in [5.74, 6) is 1.07. The quantitative estimate of drug-likeness (QED) is 0.901. The summed E-state index contributed by atoms with van der Waals surface area (Å²) >= 11 is 6.23. The van der Waals surface area contributed by atoms with E-state index < -0.39 is 0 Å². The van der Waals surface area contributed by atoms with Crippen LogP contribution in [-0.4, -0.2) is 36.7 Å². The van der Waals surface area contributed by atoms with Gasteiger partial charge in [-0.3, -0.25) is 4.90 Å². The molecule has 0 aliphatic carbocycles. The molecule has 0 bridgehead atoms. The van der Waals surface area contributed by atoms with Crippen molar-refractivity contribution in [1.29, 1.82) is 0 Å². The third-order valence-electron chi connectivity index (χ3n) is 4.19. The number of hydrogen-bond donors (Lipinski definition) is 1. The highest BCUT2D eigenvalue weighted by atomic mass is 35.5. The Bertz CT molecular complexity index is 467. The molecule has 0 spiro atoms. The van der Waals surface area contributed by atoms with Gasteiger partial charge in [-0.1, -0.05) is 11.6 Å². The Labute approximate surface area is 119 Å². The van der Waals surface area contributed by atoms with Crippen molar-refractivity contribution in [3.05, 3.63) is 28.3 Å². The lowest BCUT2D eigenvalue weighted by Crippen LogP contribution is -2.54. The molecule has 1 N–H and O–H groups in total. The average Bonchev–Trinajstić information content (AvgIpc) is 2.81. The van der Waals surface area contributed by atoms with E-state index in [0.29, 0.717) is 12.1 Å². The number of ether oxygens (including phenoxy) is 1. The van der Waals surface area contributed by atoms with Gasteiger partial charge in [0.05, 0.1) is 6.61 Å². The highest BCUT2D eigenvalue weighted by Gasteiger charge is 2.27. The molecule has 3 nitrogen and oxygen atoms in total. The first-order valence-corrected chi connectivity index (χ1v) is 7.43. The SMILES string of the molecule is CC1CNCC(C)N1Cc1cc(Cl)cc2c1OCC2. The van der Waals surface area contributed by atoms with Crippen molar-refractivity contribution in [3.8, 4) is 5.75 Å². The molecule has 1 aromatic rings. The Balaban J connectivity index is 1.86. The molecule has 0 saturated carbocycles. The van der Waals surface area contributed by atoms with Crippen LogP contribution in [0.1, 0.15) is 25.0 Å². The Morgan fingerprint density at radius 2 is 2.05 bits per heavy atom. The van der Waals surface area contributed by atoms with Crippen molar-refractivity contribution in [2.24, 2.45) is 0 Å². The lowest BCUT2D eigenvalue weighted by molar-refractivity contribution is 0.107. The standard InChI is InChI=1S/C15H21ClN2O/c1-10-7-17-8-11(2)18(10)9-13-6-14(16)5-12-3-4-19-15(12)13/h5-6,10-11,17H,3-4,7-9H2,1-2H3. The number of piperazine rings is 1. The molecule has 0 amide bonds.